The molecule has 35 heavy (non-hydrogen) atoms. The van der Waals surface area contributed by atoms with Gasteiger partial charge in [-0.15, -0.1) is 0 Å². The number of carbonyl (C=O) groups excluding carboxylic acids is 3. The van der Waals surface area contributed by atoms with E-state index in [0.29, 0.717) is 35.5 Å². The Bertz CT molecular complexity index is 1300. The predicted molar refractivity (Wildman–Crippen MR) is 138 cm³/mol. The molecular weight excluding hydrogens is 464 g/mol. The summed E-state index contributed by atoms with van der Waals surface area (Å²) in [5.74, 6) is -0.998. The van der Waals surface area contributed by atoms with Gasteiger partial charge < -0.3 is 9.80 Å². The molecule has 0 saturated carbocycles. The summed E-state index contributed by atoms with van der Waals surface area (Å²) in [7, 11) is 3.03. The van der Waals surface area contributed by atoms with E-state index in [0.717, 1.165) is 19.3 Å². The van der Waals surface area contributed by atoms with Gasteiger partial charge in [0.15, 0.2) is 0 Å². The van der Waals surface area contributed by atoms with Crippen LogP contribution >= 0.6 is 11.6 Å². The number of benzene rings is 2. The van der Waals surface area contributed by atoms with Gasteiger partial charge >= 0.3 is 0 Å². The van der Waals surface area contributed by atoms with Crippen LogP contribution in [-0.4, -0.2) is 66.0 Å². The van der Waals surface area contributed by atoms with Crippen LogP contribution in [0, 0.1) is 12.8 Å². The van der Waals surface area contributed by atoms with Gasteiger partial charge in [0.1, 0.15) is 0 Å². The molecule has 0 unspecified atom stereocenters. The summed E-state index contributed by atoms with van der Waals surface area (Å²) in [5, 5.41) is 4.61. The molecule has 1 aliphatic rings. The highest BCUT2D eigenvalue weighted by molar-refractivity contribution is 6.45. The number of halogens is 1. The first kappa shape index (κ1) is 24.7. The van der Waals surface area contributed by atoms with E-state index in [1.165, 1.54) is 41.0 Å². The lowest BCUT2D eigenvalue weighted by Gasteiger charge is -2.32. The van der Waals surface area contributed by atoms with Crippen LogP contribution in [0.2, 0.25) is 5.02 Å². The molecule has 2 aromatic carbocycles. The Kier molecular flexibility index (Phi) is 7.08. The van der Waals surface area contributed by atoms with Crippen LogP contribution in [0.4, 0.5) is 0 Å². The number of aromatic nitrogens is 1. The van der Waals surface area contributed by atoms with Crippen molar-refractivity contribution in [2.75, 3.05) is 27.2 Å². The number of amides is 2. The highest BCUT2D eigenvalue weighted by Crippen LogP contribution is 2.31. The summed E-state index contributed by atoms with van der Waals surface area (Å²) in [6, 6.07) is 11.8. The second-order valence-electron chi connectivity index (χ2n) is 9.33. The van der Waals surface area contributed by atoms with Crippen molar-refractivity contribution in [3.63, 3.8) is 0 Å². The Morgan fingerprint density at radius 3 is 2.34 bits per heavy atom. The molecule has 4 rings (SSSR count). The van der Waals surface area contributed by atoms with E-state index in [4.69, 9.17) is 11.6 Å². The lowest BCUT2D eigenvalue weighted by atomic mass is 9.89. The minimum Gasteiger partial charge on any atom is -0.342 e. The van der Waals surface area contributed by atoms with Crippen molar-refractivity contribution >= 4 is 46.8 Å². The fourth-order valence-electron chi connectivity index (χ4n) is 4.58. The number of likely N-dealkylation sites (tertiary alicyclic amines) is 1. The Morgan fingerprint density at radius 1 is 1.09 bits per heavy atom. The van der Waals surface area contributed by atoms with Crippen LogP contribution in [-0.2, 0) is 11.2 Å². The van der Waals surface area contributed by atoms with Crippen LogP contribution < -0.4 is 0 Å². The van der Waals surface area contributed by atoms with Crippen molar-refractivity contribution in [1.82, 2.24) is 14.5 Å². The third-order valence-electron chi connectivity index (χ3n) is 6.65. The maximum atomic E-state index is 13.4. The maximum Gasteiger partial charge on any atom is 0.294 e. The average Bonchev–Trinajstić information content (AvgIpc) is 3.21. The van der Waals surface area contributed by atoms with Gasteiger partial charge in [0.2, 0.25) is 0 Å². The van der Waals surface area contributed by atoms with Crippen molar-refractivity contribution in [2.45, 2.75) is 26.2 Å². The first-order chi connectivity index (χ1) is 16.7. The molecule has 1 fully saturated rings. The van der Waals surface area contributed by atoms with E-state index in [9.17, 15) is 14.4 Å². The normalized spacial score (nSPS) is 14.2. The molecule has 2 heterocycles. The standard InChI is InChI=1S/C27H29ClN4O3/c1-17-5-7-18(8-6-17)13-19-9-11-31(12-10-19)26(34)21-14-20-22(25(33)27(35)30(3)4)16-32(29-2)24(20)15-23(21)28/h5-8,14-16,19H,2,9-13H2,1,3-4H3. The molecule has 0 bridgehead atoms. The molecular formula is C27H29ClN4O3. The highest BCUT2D eigenvalue weighted by atomic mass is 35.5. The van der Waals surface area contributed by atoms with E-state index in [1.54, 1.807) is 12.1 Å². The monoisotopic (exact) mass is 492 g/mol. The second-order valence-corrected chi connectivity index (χ2v) is 9.74. The van der Waals surface area contributed by atoms with Crippen molar-refractivity contribution < 1.29 is 14.4 Å². The largest absolute Gasteiger partial charge is 0.342 e. The minimum atomic E-state index is -0.681. The smallest absolute Gasteiger partial charge is 0.294 e. The number of hydrogen-bond donors (Lipinski definition) is 0. The van der Waals surface area contributed by atoms with Crippen molar-refractivity contribution in [1.29, 1.82) is 0 Å². The molecule has 0 radical (unpaired) electrons. The maximum absolute atomic E-state index is 13.4. The lowest BCUT2D eigenvalue weighted by molar-refractivity contribution is -0.124. The first-order valence-corrected chi connectivity index (χ1v) is 12.0. The average molecular weight is 493 g/mol. The third kappa shape index (κ3) is 5.00. The Morgan fingerprint density at radius 2 is 1.74 bits per heavy atom. The van der Waals surface area contributed by atoms with Crippen LogP contribution in [0.3, 0.4) is 0 Å². The molecule has 2 amide bonds. The van der Waals surface area contributed by atoms with E-state index < -0.39 is 11.7 Å². The molecule has 8 heteroatoms. The highest BCUT2D eigenvalue weighted by Gasteiger charge is 2.28. The topological polar surface area (TPSA) is 75.0 Å². The van der Waals surface area contributed by atoms with Crippen LogP contribution in [0.1, 0.15) is 44.7 Å². The molecule has 182 valence electrons. The number of Topliss-reactive ketones (excluding diaryl/α,β-unsaturated/α-hetero) is 1. The first-order valence-electron chi connectivity index (χ1n) is 11.6. The molecule has 1 aliphatic heterocycles. The number of piperidine rings is 1. The van der Waals surface area contributed by atoms with Crippen molar-refractivity contribution in [3.8, 4) is 0 Å². The van der Waals surface area contributed by atoms with Gasteiger partial charge in [-0.1, -0.05) is 41.4 Å². The number of ketones is 1. The number of hydrogen-bond acceptors (Lipinski definition) is 4. The molecule has 1 saturated heterocycles. The molecule has 0 atom stereocenters. The van der Waals surface area contributed by atoms with Gasteiger partial charge in [-0.05, 0) is 49.8 Å². The van der Waals surface area contributed by atoms with Crippen molar-refractivity contribution in [3.05, 3.63) is 69.9 Å². The van der Waals surface area contributed by atoms with Crippen LogP contribution in [0.15, 0.2) is 47.7 Å². The van der Waals surface area contributed by atoms with Crippen molar-refractivity contribution in [2.24, 2.45) is 11.0 Å². The van der Waals surface area contributed by atoms with Gasteiger partial charge in [0.05, 0.1) is 21.7 Å². The summed E-state index contributed by atoms with van der Waals surface area (Å²) in [6.07, 6.45) is 4.28. The number of likely N-dealkylation sites (N-methyl/N-ethyl adjacent to an activating group) is 1. The summed E-state index contributed by atoms with van der Waals surface area (Å²) in [4.78, 5) is 41.6. The summed E-state index contributed by atoms with van der Waals surface area (Å²) < 4.78 is 1.39. The molecule has 7 nitrogen and oxygen atoms in total. The van der Waals surface area contributed by atoms with E-state index in [2.05, 4.69) is 43.0 Å². The second kappa shape index (κ2) is 10.0. The van der Waals surface area contributed by atoms with Gasteiger partial charge in [-0.2, -0.15) is 5.10 Å². The summed E-state index contributed by atoms with van der Waals surface area (Å²) >= 11 is 6.51. The van der Waals surface area contributed by atoms with Crippen LogP contribution in [0.5, 0.6) is 0 Å². The molecule has 1 aromatic heterocycles. The molecule has 0 N–H and O–H groups in total. The fraction of sp³-hybridized carbons (Fsp3) is 0.333. The van der Waals surface area contributed by atoms with E-state index >= 15 is 0 Å². The zero-order valence-electron chi connectivity index (χ0n) is 20.3. The number of nitrogens with zero attached hydrogens (tertiary/aromatic N) is 4. The van der Waals surface area contributed by atoms with Gasteiger partial charge in [0, 0.05) is 45.5 Å². The number of rotatable bonds is 6. The van der Waals surface area contributed by atoms with E-state index in [1.807, 2.05) is 4.90 Å². The molecule has 3 aromatic rings. The zero-order chi connectivity index (χ0) is 25.3. The number of fused-ring (bicyclic) bond motifs is 1. The predicted octanol–water partition coefficient (Wildman–Crippen LogP) is 4.43. The van der Waals surface area contributed by atoms with Crippen LogP contribution in [0.25, 0.3) is 10.9 Å². The summed E-state index contributed by atoms with van der Waals surface area (Å²) in [6.45, 7) is 6.89. The molecule has 0 spiro atoms. The zero-order valence-corrected chi connectivity index (χ0v) is 21.0. The Hall–Kier alpha value is -3.45. The van der Waals surface area contributed by atoms with E-state index in [-0.39, 0.29) is 16.5 Å². The molecule has 0 aliphatic carbocycles. The Balaban J connectivity index is 1.56. The lowest BCUT2D eigenvalue weighted by Crippen LogP contribution is -2.39. The van der Waals surface area contributed by atoms with Gasteiger partial charge in [-0.3, -0.25) is 14.4 Å². The third-order valence-corrected chi connectivity index (χ3v) is 6.96. The van der Waals surface area contributed by atoms with Gasteiger partial charge in [0.25, 0.3) is 17.6 Å². The summed E-state index contributed by atoms with van der Waals surface area (Å²) in [5.41, 5.74) is 3.54. The number of aryl methyl sites for hydroxylation is 1. The van der Waals surface area contributed by atoms with Gasteiger partial charge in [-0.25, -0.2) is 4.68 Å². The quantitative estimate of drug-likeness (QED) is 0.290. The Labute approximate surface area is 210 Å². The number of carbonyl (C=O) groups is 3. The SMILES string of the molecule is C=Nn1cc(C(=O)C(=O)N(C)C)c2cc(C(=O)N3CCC(Cc4ccc(C)cc4)CC3)c(Cl)cc21. The fourth-order valence-corrected chi connectivity index (χ4v) is 4.82. The minimum absolute atomic E-state index is 0.161.